The maximum Gasteiger partial charge on any atom is 0.344 e. The predicted octanol–water partition coefficient (Wildman–Crippen LogP) is 1.77. The molecule has 2 aromatic rings. The fourth-order valence-electron chi connectivity index (χ4n) is 1.09. The summed E-state index contributed by atoms with van der Waals surface area (Å²) in [4.78, 5) is 11.5. The van der Waals surface area contributed by atoms with E-state index >= 15 is 0 Å². The molecule has 0 spiro atoms. The molecule has 0 aliphatic heterocycles. The van der Waals surface area contributed by atoms with Gasteiger partial charge in [0, 0.05) is 6.07 Å². The SMILES string of the molecule is N#Cc1ccc(C(=O)Oc2ccon2)cc1. The highest BCUT2D eigenvalue weighted by atomic mass is 16.6. The van der Waals surface area contributed by atoms with Gasteiger partial charge in [0.15, 0.2) is 0 Å². The zero-order valence-electron chi connectivity index (χ0n) is 8.08. The molecule has 1 heterocycles. The molecule has 2 rings (SSSR count). The van der Waals surface area contributed by atoms with Gasteiger partial charge in [-0.3, -0.25) is 0 Å². The van der Waals surface area contributed by atoms with Gasteiger partial charge in [-0.15, -0.1) is 0 Å². The van der Waals surface area contributed by atoms with Crippen molar-refractivity contribution in [1.82, 2.24) is 5.16 Å². The topological polar surface area (TPSA) is 76.1 Å². The van der Waals surface area contributed by atoms with Crippen molar-refractivity contribution < 1.29 is 14.1 Å². The first-order chi connectivity index (χ1) is 7.79. The minimum Gasteiger partial charge on any atom is -0.400 e. The van der Waals surface area contributed by atoms with Crippen molar-refractivity contribution >= 4 is 5.97 Å². The monoisotopic (exact) mass is 214 g/mol. The molecule has 16 heavy (non-hydrogen) atoms. The Balaban J connectivity index is 2.12. The van der Waals surface area contributed by atoms with Crippen molar-refractivity contribution in [3.63, 3.8) is 0 Å². The molecule has 0 saturated carbocycles. The average Bonchev–Trinajstić information content (AvgIpc) is 2.82. The lowest BCUT2D eigenvalue weighted by atomic mass is 10.1. The number of aromatic nitrogens is 1. The van der Waals surface area contributed by atoms with Gasteiger partial charge in [-0.25, -0.2) is 4.79 Å². The number of hydrogen-bond acceptors (Lipinski definition) is 5. The fraction of sp³-hybridized carbons (Fsp3) is 0. The van der Waals surface area contributed by atoms with Crippen LogP contribution in [0.5, 0.6) is 5.88 Å². The van der Waals surface area contributed by atoms with Gasteiger partial charge in [-0.2, -0.15) is 5.26 Å². The number of hydrogen-bond donors (Lipinski definition) is 0. The van der Waals surface area contributed by atoms with Gasteiger partial charge in [-0.05, 0) is 29.4 Å². The minimum atomic E-state index is -0.543. The third kappa shape index (κ3) is 2.07. The van der Waals surface area contributed by atoms with E-state index in [1.165, 1.54) is 24.5 Å². The van der Waals surface area contributed by atoms with Gasteiger partial charge >= 0.3 is 5.97 Å². The Hall–Kier alpha value is -2.61. The van der Waals surface area contributed by atoms with E-state index < -0.39 is 5.97 Å². The summed E-state index contributed by atoms with van der Waals surface area (Å²) in [6.07, 6.45) is 1.31. The molecule has 0 bridgehead atoms. The third-order valence-electron chi connectivity index (χ3n) is 1.86. The first-order valence-corrected chi connectivity index (χ1v) is 4.42. The molecule has 78 valence electrons. The van der Waals surface area contributed by atoms with E-state index in [1.807, 2.05) is 6.07 Å². The second-order valence-electron chi connectivity index (χ2n) is 2.92. The van der Waals surface area contributed by atoms with E-state index in [1.54, 1.807) is 12.1 Å². The molecule has 1 aromatic carbocycles. The molecule has 5 nitrogen and oxygen atoms in total. The molecule has 0 unspecified atom stereocenters. The van der Waals surface area contributed by atoms with E-state index in [0.717, 1.165) is 0 Å². The third-order valence-corrected chi connectivity index (χ3v) is 1.86. The van der Waals surface area contributed by atoms with Gasteiger partial charge in [0.25, 0.3) is 5.88 Å². The summed E-state index contributed by atoms with van der Waals surface area (Å²) >= 11 is 0. The van der Waals surface area contributed by atoms with Crippen LogP contribution in [-0.4, -0.2) is 11.1 Å². The quantitative estimate of drug-likeness (QED) is 0.712. The van der Waals surface area contributed by atoms with Crippen LogP contribution in [0.2, 0.25) is 0 Å². The highest BCUT2D eigenvalue weighted by Crippen LogP contribution is 2.09. The predicted molar refractivity (Wildman–Crippen MR) is 52.6 cm³/mol. The Labute approximate surface area is 90.9 Å². The number of benzene rings is 1. The second-order valence-corrected chi connectivity index (χ2v) is 2.92. The van der Waals surface area contributed by atoms with Crippen LogP contribution in [0.15, 0.2) is 41.1 Å². The Morgan fingerprint density at radius 1 is 1.31 bits per heavy atom. The maximum absolute atomic E-state index is 11.5. The van der Waals surface area contributed by atoms with Gasteiger partial charge < -0.3 is 9.26 Å². The molecule has 0 aliphatic rings. The van der Waals surface area contributed by atoms with E-state index in [9.17, 15) is 4.79 Å². The lowest BCUT2D eigenvalue weighted by molar-refractivity contribution is 0.0721. The van der Waals surface area contributed by atoms with Crippen molar-refractivity contribution in [2.24, 2.45) is 0 Å². The van der Waals surface area contributed by atoms with E-state index in [2.05, 4.69) is 9.68 Å². The summed E-state index contributed by atoms with van der Waals surface area (Å²) < 4.78 is 9.40. The van der Waals surface area contributed by atoms with Crippen molar-refractivity contribution in [3.8, 4) is 11.9 Å². The van der Waals surface area contributed by atoms with Crippen LogP contribution in [0.3, 0.4) is 0 Å². The highest BCUT2D eigenvalue weighted by Gasteiger charge is 2.09. The van der Waals surface area contributed by atoms with Crippen LogP contribution >= 0.6 is 0 Å². The summed E-state index contributed by atoms with van der Waals surface area (Å²) in [7, 11) is 0. The number of nitrogens with zero attached hydrogens (tertiary/aromatic N) is 2. The Kier molecular flexibility index (Phi) is 2.65. The highest BCUT2D eigenvalue weighted by molar-refractivity contribution is 5.90. The van der Waals surface area contributed by atoms with Crippen LogP contribution in [0, 0.1) is 11.3 Å². The number of esters is 1. The zero-order chi connectivity index (χ0) is 11.4. The van der Waals surface area contributed by atoms with Gasteiger partial charge in [0.1, 0.15) is 6.26 Å². The van der Waals surface area contributed by atoms with Crippen molar-refractivity contribution in [1.29, 1.82) is 5.26 Å². The lowest BCUT2D eigenvalue weighted by Crippen LogP contribution is -2.08. The molecule has 0 fully saturated rings. The van der Waals surface area contributed by atoms with Crippen LogP contribution in [0.25, 0.3) is 0 Å². The molecular formula is C11H6N2O3. The normalized spacial score (nSPS) is 9.44. The first kappa shape index (κ1) is 9.93. The molecule has 0 saturated heterocycles. The lowest BCUT2D eigenvalue weighted by Gasteiger charge is -1.99. The summed E-state index contributed by atoms with van der Waals surface area (Å²) in [6.45, 7) is 0. The minimum absolute atomic E-state index is 0.106. The van der Waals surface area contributed by atoms with Crippen molar-refractivity contribution in [2.75, 3.05) is 0 Å². The van der Waals surface area contributed by atoms with E-state index in [4.69, 9.17) is 10.00 Å². The van der Waals surface area contributed by atoms with Crippen LogP contribution in [-0.2, 0) is 0 Å². The molecule has 0 N–H and O–H groups in total. The standard InChI is InChI=1S/C11H6N2O3/c12-7-8-1-3-9(4-2-8)11(14)16-10-5-6-15-13-10/h1-6H. The number of nitriles is 1. The smallest absolute Gasteiger partial charge is 0.344 e. The fourth-order valence-corrected chi connectivity index (χ4v) is 1.09. The van der Waals surface area contributed by atoms with E-state index in [-0.39, 0.29) is 5.88 Å². The molecule has 1 aromatic heterocycles. The van der Waals surface area contributed by atoms with Crippen molar-refractivity contribution in [3.05, 3.63) is 47.7 Å². The van der Waals surface area contributed by atoms with Gasteiger partial charge in [-0.1, -0.05) is 0 Å². The van der Waals surface area contributed by atoms with Gasteiger partial charge in [0.2, 0.25) is 0 Å². The largest absolute Gasteiger partial charge is 0.400 e. The number of ether oxygens (including phenoxy) is 1. The van der Waals surface area contributed by atoms with Crippen LogP contribution in [0.1, 0.15) is 15.9 Å². The molecule has 0 aliphatic carbocycles. The van der Waals surface area contributed by atoms with Crippen molar-refractivity contribution in [2.45, 2.75) is 0 Å². The summed E-state index contributed by atoms with van der Waals surface area (Å²) in [6, 6.07) is 9.50. The Morgan fingerprint density at radius 3 is 2.62 bits per heavy atom. The second kappa shape index (κ2) is 4.28. The molecule has 0 atom stereocenters. The Bertz CT molecular complexity index is 523. The van der Waals surface area contributed by atoms with E-state index in [0.29, 0.717) is 11.1 Å². The van der Waals surface area contributed by atoms with Gasteiger partial charge in [0.05, 0.1) is 17.2 Å². The van der Waals surface area contributed by atoms with Crippen LogP contribution < -0.4 is 4.74 Å². The number of carbonyl (C=O) groups is 1. The maximum atomic E-state index is 11.5. The summed E-state index contributed by atoms with van der Waals surface area (Å²) in [5, 5.41) is 12.0. The van der Waals surface area contributed by atoms with Crippen LogP contribution in [0.4, 0.5) is 0 Å². The molecule has 5 heteroatoms. The first-order valence-electron chi connectivity index (χ1n) is 4.42. The molecular weight excluding hydrogens is 208 g/mol. The zero-order valence-corrected chi connectivity index (χ0v) is 8.08. The summed E-state index contributed by atoms with van der Waals surface area (Å²) in [5.74, 6) is -0.437. The molecule has 0 amide bonds. The number of rotatable bonds is 2. The summed E-state index contributed by atoms with van der Waals surface area (Å²) in [5.41, 5.74) is 0.833. The Morgan fingerprint density at radius 2 is 2.06 bits per heavy atom. The average molecular weight is 214 g/mol. The number of carbonyl (C=O) groups excluding carboxylic acids is 1. The molecule has 0 radical (unpaired) electrons.